The van der Waals surface area contributed by atoms with Crippen LogP contribution in [0.5, 0.6) is 0 Å². The standard InChI is InChI=1S/C25H30N5O4P/c1-3-18-15-20(11-12-21(18)17-26-13-8-14-33-35(31)32)24-27-25(34-29-24)22-16-23(30(4-2)28-22)19-9-6-5-7-10-19/h5-7,9-12,15,23,26H,3-4,8,13-14,16-17H2,1-2H3/p+1. The molecule has 0 aliphatic carbocycles. The Hall–Kier alpha value is -2.97. The van der Waals surface area contributed by atoms with Gasteiger partial charge in [-0.25, -0.2) is 0 Å². The lowest BCUT2D eigenvalue weighted by atomic mass is 10.0. The highest BCUT2D eigenvalue weighted by Crippen LogP contribution is 2.32. The number of hydrazone groups is 1. The second-order valence-electron chi connectivity index (χ2n) is 8.29. The molecular formula is C25H31N5O4P+. The monoisotopic (exact) mass is 496 g/mol. The first-order valence-corrected chi connectivity index (χ1v) is 13.1. The summed E-state index contributed by atoms with van der Waals surface area (Å²) in [5.74, 6) is 1.02. The van der Waals surface area contributed by atoms with Crippen LogP contribution < -0.4 is 5.32 Å². The van der Waals surface area contributed by atoms with E-state index in [9.17, 15) is 4.57 Å². The first kappa shape index (κ1) is 25.1. The molecule has 9 nitrogen and oxygen atoms in total. The van der Waals surface area contributed by atoms with Gasteiger partial charge in [-0.05, 0) is 49.1 Å². The van der Waals surface area contributed by atoms with E-state index in [4.69, 9.17) is 14.5 Å². The van der Waals surface area contributed by atoms with E-state index in [2.05, 4.69) is 63.1 Å². The summed E-state index contributed by atoms with van der Waals surface area (Å²) in [5, 5.41) is 14.4. The summed E-state index contributed by atoms with van der Waals surface area (Å²) >= 11 is 0. The molecule has 35 heavy (non-hydrogen) atoms. The normalized spacial score (nSPS) is 16.0. The lowest BCUT2D eigenvalue weighted by Crippen LogP contribution is -2.18. The molecule has 0 spiro atoms. The molecule has 1 aliphatic heterocycles. The Morgan fingerprint density at radius 2 is 2.03 bits per heavy atom. The maximum Gasteiger partial charge on any atom is 0.694 e. The number of benzene rings is 2. The van der Waals surface area contributed by atoms with Crippen molar-refractivity contribution in [1.82, 2.24) is 20.5 Å². The highest BCUT2D eigenvalue weighted by molar-refractivity contribution is 7.32. The van der Waals surface area contributed by atoms with Crippen LogP contribution in [0.15, 0.2) is 58.2 Å². The summed E-state index contributed by atoms with van der Waals surface area (Å²) in [6.07, 6.45) is 2.27. The van der Waals surface area contributed by atoms with E-state index in [1.807, 2.05) is 24.3 Å². The zero-order chi connectivity index (χ0) is 24.6. The van der Waals surface area contributed by atoms with Crippen LogP contribution in [0.2, 0.25) is 0 Å². The lowest BCUT2D eigenvalue weighted by Gasteiger charge is -2.21. The molecule has 10 heteroatoms. The molecule has 0 fully saturated rings. The summed E-state index contributed by atoms with van der Waals surface area (Å²) in [6.45, 7) is 6.67. The zero-order valence-corrected chi connectivity index (χ0v) is 20.9. The van der Waals surface area contributed by atoms with Gasteiger partial charge < -0.3 is 9.84 Å². The maximum absolute atomic E-state index is 10.5. The van der Waals surface area contributed by atoms with Crippen molar-refractivity contribution >= 4 is 14.0 Å². The van der Waals surface area contributed by atoms with Crippen LogP contribution in [0.25, 0.3) is 11.4 Å². The van der Waals surface area contributed by atoms with Gasteiger partial charge in [0.1, 0.15) is 12.3 Å². The van der Waals surface area contributed by atoms with Crippen LogP contribution >= 0.6 is 8.25 Å². The van der Waals surface area contributed by atoms with E-state index in [1.54, 1.807) is 0 Å². The Labute approximate surface area is 206 Å². The number of nitrogens with one attached hydrogen (secondary N) is 1. The molecule has 2 unspecified atom stereocenters. The van der Waals surface area contributed by atoms with Crippen LogP contribution in [-0.2, 0) is 22.1 Å². The van der Waals surface area contributed by atoms with Crippen molar-refractivity contribution in [2.45, 2.75) is 45.7 Å². The van der Waals surface area contributed by atoms with Crippen molar-refractivity contribution in [2.75, 3.05) is 19.7 Å². The third-order valence-electron chi connectivity index (χ3n) is 6.04. The first-order valence-electron chi connectivity index (χ1n) is 11.9. The van der Waals surface area contributed by atoms with Gasteiger partial charge in [-0.1, -0.05) is 54.5 Å². The quantitative estimate of drug-likeness (QED) is 0.276. The lowest BCUT2D eigenvalue weighted by molar-refractivity contribution is 0.246. The highest BCUT2D eigenvalue weighted by Gasteiger charge is 2.30. The van der Waals surface area contributed by atoms with Gasteiger partial charge in [-0.2, -0.15) is 10.1 Å². The fourth-order valence-electron chi connectivity index (χ4n) is 4.23. The van der Waals surface area contributed by atoms with Gasteiger partial charge in [0.15, 0.2) is 0 Å². The van der Waals surface area contributed by atoms with Gasteiger partial charge in [0.05, 0.1) is 6.04 Å². The van der Waals surface area contributed by atoms with Crippen molar-refractivity contribution in [2.24, 2.45) is 5.10 Å². The van der Waals surface area contributed by atoms with Crippen molar-refractivity contribution < 1.29 is 18.5 Å². The van der Waals surface area contributed by atoms with Gasteiger partial charge in [0.2, 0.25) is 5.82 Å². The fourth-order valence-corrected chi connectivity index (χ4v) is 4.51. The Kier molecular flexibility index (Phi) is 8.71. The number of rotatable bonds is 12. The van der Waals surface area contributed by atoms with Crippen LogP contribution in [0.4, 0.5) is 0 Å². The summed E-state index contributed by atoms with van der Waals surface area (Å²) in [5.41, 5.74) is 5.34. The SMILES string of the molecule is CCc1cc(-c2noc(C3=NN(CC)C(c4ccccc4)C3)n2)ccc1CNCCCO[P+](=O)O. The van der Waals surface area contributed by atoms with Crippen molar-refractivity contribution in [1.29, 1.82) is 0 Å². The molecule has 3 aromatic rings. The molecule has 2 aromatic carbocycles. The molecule has 0 bridgehead atoms. The van der Waals surface area contributed by atoms with E-state index in [-0.39, 0.29) is 12.6 Å². The third-order valence-corrected chi connectivity index (χ3v) is 6.44. The number of nitrogens with zero attached hydrogens (tertiary/aromatic N) is 4. The van der Waals surface area contributed by atoms with Gasteiger partial charge in [-0.3, -0.25) is 5.01 Å². The van der Waals surface area contributed by atoms with E-state index < -0.39 is 8.25 Å². The zero-order valence-electron chi connectivity index (χ0n) is 20.1. The summed E-state index contributed by atoms with van der Waals surface area (Å²) in [4.78, 5) is 13.3. The van der Waals surface area contributed by atoms with Crippen molar-refractivity contribution in [3.05, 3.63) is 71.1 Å². The van der Waals surface area contributed by atoms with Crippen LogP contribution in [-0.4, -0.2) is 45.5 Å². The third kappa shape index (κ3) is 6.38. The first-order chi connectivity index (χ1) is 17.1. The fraction of sp³-hybridized carbons (Fsp3) is 0.400. The van der Waals surface area contributed by atoms with Crippen LogP contribution in [0.3, 0.4) is 0 Å². The molecule has 2 heterocycles. The molecular weight excluding hydrogens is 465 g/mol. The molecule has 2 N–H and O–H groups in total. The smallest absolute Gasteiger partial charge is 0.332 e. The molecule has 0 radical (unpaired) electrons. The number of hydrogen-bond donors (Lipinski definition) is 2. The van der Waals surface area contributed by atoms with Crippen molar-refractivity contribution in [3.8, 4) is 11.4 Å². The maximum atomic E-state index is 10.5. The van der Waals surface area contributed by atoms with E-state index in [0.29, 0.717) is 31.2 Å². The second-order valence-corrected chi connectivity index (χ2v) is 9.03. The number of aromatic nitrogens is 2. The molecule has 1 aromatic heterocycles. The average Bonchev–Trinajstić information content (AvgIpc) is 3.54. The Balaban J connectivity index is 1.41. The van der Waals surface area contributed by atoms with Crippen LogP contribution in [0.1, 0.15) is 55.3 Å². The number of aryl methyl sites for hydroxylation is 1. The molecule has 4 rings (SSSR count). The highest BCUT2D eigenvalue weighted by atomic mass is 31.1. The van der Waals surface area contributed by atoms with Crippen LogP contribution in [0, 0.1) is 0 Å². The van der Waals surface area contributed by atoms with E-state index >= 15 is 0 Å². The topological polar surface area (TPSA) is 113 Å². The summed E-state index contributed by atoms with van der Waals surface area (Å²) in [6, 6.07) is 16.7. The molecule has 0 amide bonds. The Morgan fingerprint density at radius 3 is 2.77 bits per heavy atom. The van der Waals surface area contributed by atoms with Crippen molar-refractivity contribution in [3.63, 3.8) is 0 Å². The Bertz CT molecular complexity index is 1170. The predicted molar refractivity (Wildman–Crippen MR) is 134 cm³/mol. The molecule has 2 atom stereocenters. The predicted octanol–water partition coefficient (Wildman–Crippen LogP) is 4.62. The largest absolute Gasteiger partial charge is 0.694 e. The minimum absolute atomic E-state index is 0.169. The minimum Gasteiger partial charge on any atom is -0.332 e. The van der Waals surface area contributed by atoms with Gasteiger partial charge in [-0.15, -0.1) is 9.42 Å². The molecule has 1 aliphatic rings. The average molecular weight is 497 g/mol. The Morgan fingerprint density at radius 1 is 1.20 bits per heavy atom. The second kappa shape index (κ2) is 12.1. The molecule has 0 saturated carbocycles. The van der Waals surface area contributed by atoms with Gasteiger partial charge in [0, 0.05) is 29.6 Å². The molecule has 184 valence electrons. The minimum atomic E-state index is -2.52. The number of hydrogen-bond acceptors (Lipinski definition) is 8. The van der Waals surface area contributed by atoms with Gasteiger partial charge in [0.25, 0.3) is 5.89 Å². The van der Waals surface area contributed by atoms with E-state index in [0.717, 1.165) is 30.7 Å². The van der Waals surface area contributed by atoms with E-state index in [1.165, 1.54) is 16.7 Å². The summed E-state index contributed by atoms with van der Waals surface area (Å²) in [7, 11) is -2.52. The molecule has 0 saturated heterocycles. The van der Waals surface area contributed by atoms with Gasteiger partial charge >= 0.3 is 8.25 Å². The summed E-state index contributed by atoms with van der Waals surface area (Å²) < 4.78 is 20.8.